The van der Waals surface area contributed by atoms with Crippen molar-refractivity contribution < 1.29 is 0 Å². The summed E-state index contributed by atoms with van der Waals surface area (Å²) < 4.78 is 0. The summed E-state index contributed by atoms with van der Waals surface area (Å²) in [4.78, 5) is 8.92. The summed E-state index contributed by atoms with van der Waals surface area (Å²) in [6.45, 7) is 3.97. The van der Waals surface area contributed by atoms with Crippen LogP contribution in [-0.2, 0) is 0 Å². The zero-order valence-electron chi connectivity index (χ0n) is 12.0. The van der Waals surface area contributed by atoms with Crippen LogP contribution in [0.5, 0.6) is 0 Å². The third-order valence-electron chi connectivity index (χ3n) is 3.90. The Morgan fingerprint density at radius 1 is 1.30 bits per heavy atom. The average molecular weight is 288 g/mol. The minimum absolute atomic E-state index is 0.382. The predicted octanol–water partition coefficient (Wildman–Crippen LogP) is 2.61. The van der Waals surface area contributed by atoms with E-state index in [4.69, 9.17) is 0 Å². The number of nitriles is 1. The van der Waals surface area contributed by atoms with Crippen LogP contribution in [0.25, 0.3) is 0 Å². The molecule has 1 heterocycles. The smallest absolute Gasteiger partial charge is 0.188 e. The largest absolute Gasteiger partial charge is 0.296 e. The van der Waals surface area contributed by atoms with Gasteiger partial charge in [-0.3, -0.25) is 5.32 Å². The van der Waals surface area contributed by atoms with E-state index in [1.807, 2.05) is 19.9 Å². The molecule has 1 unspecified atom stereocenters. The van der Waals surface area contributed by atoms with Crippen molar-refractivity contribution in [1.29, 1.82) is 5.26 Å². The molecule has 0 aromatic carbocycles. The normalized spacial score (nSPS) is 21.2. The summed E-state index contributed by atoms with van der Waals surface area (Å²) in [7, 11) is 0. The maximum atomic E-state index is 9.68. The minimum atomic E-state index is -0.382. The Balaban J connectivity index is 1.71. The Kier molecular flexibility index (Phi) is 3.70. The molecule has 0 amide bonds. The van der Waals surface area contributed by atoms with E-state index in [1.54, 1.807) is 11.8 Å². The summed E-state index contributed by atoms with van der Waals surface area (Å²) in [6.07, 6.45) is 4.75. The first-order chi connectivity index (χ1) is 9.61. The van der Waals surface area contributed by atoms with Gasteiger partial charge in [-0.2, -0.15) is 5.26 Å². The molecular formula is C15H20N4S. The zero-order chi connectivity index (χ0) is 14.2. The van der Waals surface area contributed by atoms with Crippen molar-refractivity contribution in [2.45, 2.75) is 56.3 Å². The maximum Gasteiger partial charge on any atom is 0.188 e. The lowest BCUT2D eigenvalue weighted by Gasteiger charge is -2.27. The lowest BCUT2D eigenvalue weighted by Crippen LogP contribution is -2.49. The van der Waals surface area contributed by atoms with Gasteiger partial charge in [0.25, 0.3) is 0 Å². The zero-order valence-corrected chi connectivity index (χ0v) is 12.8. The van der Waals surface area contributed by atoms with Gasteiger partial charge in [-0.05, 0) is 51.5 Å². The second kappa shape index (κ2) is 5.34. The number of thioether (sulfide) groups is 1. The number of hydrogen-bond donors (Lipinski definition) is 1. The number of hydrogen-bond acceptors (Lipinski definition) is 5. The van der Waals surface area contributed by atoms with Crippen LogP contribution in [0.15, 0.2) is 11.2 Å². The van der Waals surface area contributed by atoms with Gasteiger partial charge in [0.1, 0.15) is 5.54 Å². The summed E-state index contributed by atoms with van der Waals surface area (Å²) in [5.41, 5.74) is 1.60. The molecule has 4 nitrogen and oxygen atoms in total. The van der Waals surface area contributed by atoms with Gasteiger partial charge in [0.2, 0.25) is 0 Å². The Morgan fingerprint density at radius 2 is 1.95 bits per heavy atom. The number of nitrogens with one attached hydrogen (secondary N) is 1. The van der Waals surface area contributed by atoms with Crippen LogP contribution in [0.4, 0.5) is 0 Å². The van der Waals surface area contributed by atoms with Crippen molar-refractivity contribution in [1.82, 2.24) is 15.3 Å². The van der Waals surface area contributed by atoms with E-state index in [9.17, 15) is 5.26 Å². The Hall–Kier alpha value is -1.12. The molecule has 2 aliphatic rings. The van der Waals surface area contributed by atoms with Crippen molar-refractivity contribution in [2.24, 2.45) is 5.92 Å². The second-order valence-electron chi connectivity index (χ2n) is 6.00. The Labute approximate surface area is 124 Å². The van der Waals surface area contributed by atoms with Gasteiger partial charge in [0.15, 0.2) is 5.16 Å². The van der Waals surface area contributed by atoms with Gasteiger partial charge in [-0.25, -0.2) is 9.97 Å². The Bertz CT molecular complexity index is 525. The molecule has 2 aliphatic carbocycles. The first-order valence-corrected chi connectivity index (χ1v) is 8.24. The first kappa shape index (κ1) is 13.8. The number of rotatable bonds is 6. The van der Waals surface area contributed by atoms with E-state index in [1.165, 1.54) is 25.7 Å². The molecule has 0 aliphatic heterocycles. The SMILES string of the molecule is Cc1cc(C)nc(SCC(C#N)(NC2CC2)C2CC2)n1. The monoisotopic (exact) mass is 288 g/mol. The molecule has 0 bridgehead atoms. The molecule has 1 N–H and O–H groups in total. The molecule has 1 aromatic heterocycles. The van der Waals surface area contributed by atoms with Crippen LogP contribution in [0.1, 0.15) is 37.1 Å². The van der Waals surface area contributed by atoms with Crippen LogP contribution >= 0.6 is 11.8 Å². The molecule has 0 radical (unpaired) electrons. The van der Waals surface area contributed by atoms with Crippen molar-refractivity contribution >= 4 is 11.8 Å². The third kappa shape index (κ3) is 3.13. The minimum Gasteiger partial charge on any atom is -0.296 e. The molecule has 106 valence electrons. The number of aromatic nitrogens is 2. The molecule has 2 fully saturated rings. The predicted molar refractivity (Wildman–Crippen MR) is 79.5 cm³/mol. The molecule has 5 heteroatoms. The van der Waals surface area contributed by atoms with Crippen molar-refractivity contribution in [3.8, 4) is 6.07 Å². The van der Waals surface area contributed by atoms with Crippen LogP contribution < -0.4 is 5.32 Å². The van der Waals surface area contributed by atoms with Crippen LogP contribution in [0, 0.1) is 31.1 Å². The van der Waals surface area contributed by atoms with Gasteiger partial charge in [-0.15, -0.1) is 0 Å². The highest BCUT2D eigenvalue weighted by molar-refractivity contribution is 7.99. The molecule has 3 rings (SSSR count). The highest BCUT2D eigenvalue weighted by Gasteiger charge is 2.48. The van der Waals surface area contributed by atoms with Crippen LogP contribution in [0.2, 0.25) is 0 Å². The highest BCUT2D eigenvalue weighted by atomic mass is 32.2. The van der Waals surface area contributed by atoms with E-state index < -0.39 is 0 Å². The summed E-state index contributed by atoms with van der Waals surface area (Å²) in [6, 6.07) is 5.09. The molecule has 20 heavy (non-hydrogen) atoms. The van der Waals surface area contributed by atoms with E-state index >= 15 is 0 Å². The molecule has 1 atom stereocenters. The fourth-order valence-electron chi connectivity index (χ4n) is 2.54. The van der Waals surface area contributed by atoms with Gasteiger partial charge < -0.3 is 0 Å². The molecule has 0 saturated heterocycles. The third-order valence-corrected chi connectivity index (χ3v) is 4.94. The number of aryl methyl sites for hydroxylation is 2. The maximum absolute atomic E-state index is 9.68. The van der Waals surface area contributed by atoms with Gasteiger partial charge in [-0.1, -0.05) is 11.8 Å². The van der Waals surface area contributed by atoms with Gasteiger partial charge in [0, 0.05) is 23.2 Å². The fraction of sp³-hybridized carbons (Fsp3) is 0.667. The lowest BCUT2D eigenvalue weighted by molar-refractivity contribution is 0.401. The van der Waals surface area contributed by atoms with E-state index in [0.29, 0.717) is 12.0 Å². The fourth-order valence-corrected chi connectivity index (χ4v) is 3.70. The highest BCUT2D eigenvalue weighted by Crippen LogP contribution is 2.43. The van der Waals surface area contributed by atoms with Gasteiger partial charge in [0.05, 0.1) is 6.07 Å². The number of nitrogens with zero attached hydrogens (tertiary/aromatic N) is 3. The molecule has 1 aromatic rings. The Morgan fingerprint density at radius 3 is 2.45 bits per heavy atom. The molecule has 2 saturated carbocycles. The van der Waals surface area contributed by atoms with Crippen molar-refractivity contribution in [2.75, 3.05) is 5.75 Å². The summed E-state index contributed by atoms with van der Waals surface area (Å²) in [5.74, 6) is 1.25. The van der Waals surface area contributed by atoms with E-state index in [2.05, 4.69) is 21.4 Å². The lowest BCUT2D eigenvalue weighted by atomic mass is 9.97. The topological polar surface area (TPSA) is 61.6 Å². The first-order valence-electron chi connectivity index (χ1n) is 7.25. The standard InChI is InChI=1S/C15H20N4S/c1-10-7-11(2)18-14(17-10)20-9-15(8-16,12-3-4-12)19-13-5-6-13/h7,12-13,19H,3-6,9H2,1-2H3. The van der Waals surface area contributed by atoms with Gasteiger partial charge >= 0.3 is 0 Å². The van der Waals surface area contributed by atoms with Crippen LogP contribution in [-0.4, -0.2) is 27.3 Å². The van der Waals surface area contributed by atoms with Crippen LogP contribution in [0.3, 0.4) is 0 Å². The summed E-state index contributed by atoms with van der Waals surface area (Å²) in [5, 5.41) is 14.1. The molecule has 0 spiro atoms. The quantitative estimate of drug-likeness (QED) is 0.644. The van der Waals surface area contributed by atoms with E-state index in [0.717, 1.165) is 22.3 Å². The summed E-state index contributed by atoms with van der Waals surface area (Å²) >= 11 is 1.61. The average Bonchev–Trinajstić information content (AvgIpc) is 3.25. The second-order valence-corrected chi connectivity index (χ2v) is 6.94. The molecular weight excluding hydrogens is 268 g/mol. The van der Waals surface area contributed by atoms with E-state index in [-0.39, 0.29) is 5.54 Å². The van der Waals surface area contributed by atoms with Crippen molar-refractivity contribution in [3.05, 3.63) is 17.5 Å². The van der Waals surface area contributed by atoms with Crippen molar-refractivity contribution in [3.63, 3.8) is 0 Å².